The third-order valence-electron chi connectivity index (χ3n) is 3.55. The van der Waals surface area contributed by atoms with Crippen LogP contribution in [0.3, 0.4) is 0 Å². The molecule has 0 saturated carbocycles. The number of hydrogen-bond acceptors (Lipinski definition) is 4. The van der Waals surface area contributed by atoms with Gasteiger partial charge in [-0.15, -0.1) is 11.3 Å². The first kappa shape index (κ1) is 14.5. The van der Waals surface area contributed by atoms with Gasteiger partial charge in [0, 0.05) is 12.0 Å². The number of thiophene rings is 1. The quantitative estimate of drug-likeness (QED) is 0.895. The van der Waals surface area contributed by atoms with Crippen LogP contribution in [0.1, 0.15) is 44.5 Å². The highest BCUT2D eigenvalue weighted by molar-refractivity contribution is 7.12. The van der Waals surface area contributed by atoms with Gasteiger partial charge in [0.25, 0.3) is 5.91 Å². The monoisotopic (exact) mass is 314 g/mol. The predicted molar refractivity (Wildman–Crippen MR) is 83.1 cm³/mol. The normalized spacial score (nSPS) is 16.7. The number of imide groups is 1. The first-order valence-corrected chi connectivity index (χ1v) is 7.80. The van der Waals surface area contributed by atoms with E-state index in [4.69, 9.17) is 0 Å². The molecule has 22 heavy (non-hydrogen) atoms. The molecular weight excluding hydrogens is 300 g/mol. The van der Waals surface area contributed by atoms with Gasteiger partial charge in [0.2, 0.25) is 0 Å². The van der Waals surface area contributed by atoms with Gasteiger partial charge in [0.15, 0.2) is 5.78 Å². The number of nitrogens with one attached hydrogen (secondary N) is 2. The van der Waals surface area contributed by atoms with Gasteiger partial charge < -0.3 is 5.32 Å². The average molecular weight is 314 g/mol. The van der Waals surface area contributed by atoms with Crippen molar-refractivity contribution in [1.82, 2.24) is 10.6 Å². The van der Waals surface area contributed by atoms with Crippen molar-refractivity contribution in [3.05, 3.63) is 57.8 Å². The zero-order valence-electron chi connectivity index (χ0n) is 11.7. The van der Waals surface area contributed by atoms with Gasteiger partial charge in [-0.1, -0.05) is 18.2 Å². The molecule has 0 radical (unpaired) electrons. The Kier molecular flexibility index (Phi) is 4.02. The van der Waals surface area contributed by atoms with Gasteiger partial charge in [-0.2, -0.15) is 0 Å². The number of carbonyl (C=O) groups excluding carboxylic acids is 3. The molecule has 3 rings (SSSR count). The summed E-state index contributed by atoms with van der Waals surface area (Å²) in [6.07, 6.45) is 0.959. The summed E-state index contributed by atoms with van der Waals surface area (Å²) in [5.74, 6) is -0.334. The summed E-state index contributed by atoms with van der Waals surface area (Å²) in [6.45, 7) is 0. The lowest BCUT2D eigenvalue weighted by molar-refractivity contribution is 0.0949. The van der Waals surface area contributed by atoms with Crippen molar-refractivity contribution in [1.29, 1.82) is 0 Å². The first-order valence-electron chi connectivity index (χ1n) is 6.92. The lowest BCUT2D eigenvalue weighted by Crippen LogP contribution is -2.42. The lowest BCUT2D eigenvalue weighted by atomic mass is 9.93. The van der Waals surface area contributed by atoms with Crippen LogP contribution in [-0.4, -0.2) is 17.7 Å². The standard InChI is InChI=1S/C16H14N2O3S/c19-13-7-6-12(11-8-9-22-14(11)13)17-16(21)18-15(20)10-4-2-1-3-5-10/h1-5,8-9,12H,6-7H2,(H2,17,18,20,21). The van der Waals surface area contributed by atoms with E-state index in [1.54, 1.807) is 30.3 Å². The second-order valence-electron chi connectivity index (χ2n) is 5.01. The zero-order valence-corrected chi connectivity index (χ0v) is 12.5. The number of amides is 3. The fraction of sp³-hybridized carbons (Fsp3) is 0.188. The Balaban J connectivity index is 1.65. The largest absolute Gasteiger partial charge is 0.331 e. The van der Waals surface area contributed by atoms with Crippen molar-refractivity contribution in [3.8, 4) is 0 Å². The number of hydrogen-bond donors (Lipinski definition) is 2. The van der Waals surface area contributed by atoms with Crippen molar-refractivity contribution in [2.24, 2.45) is 0 Å². The van der Waals surface area contributed by atoms with E-state index >= 15 is 0 Å². The van der Waals surface area contributed by atoms with Crippen molar-refractivity contribution < 1.29 is 14.4 Å². The lowest BCUT2D eigenvalue weighted by Gasteiger charge is -2.22. The van der Waals surface area contributed by atoms with Gasteiger partial charge in [-0.05, 0) is 35.6 Å². The molecule has 1 aliphatic rings. The number of urea groups is 1. The molecule has 1 aromatic heterocycles. The van der Waals surface area contributed by atoms with E-state index in [-0.39, 0.29) is 11.8 Å². The molecule has 5 nitrogen and oxygen atoms in total. The molecule has 0 spiro atoms. The molecule has 112 valence electrons. The Morgan fingerprint density at radius 1 is 1.14 bits per heavy atom. The first-order chi connectivity index (χ1) is 10.6. The molecule has 0 saturated heterocycles. The highest BCUT2D eigenvalue weighted by Gasteiger charge is 2.28. The average Bonchev–Trinajstić information content (AvgIpc) is 3.01. The van der Waals surface area contributed by atoms with Crippen molar-refractivity contribution in [2.45, 2.75) is 18.9 Å². The SMILES string of the molecule is O=C(NC(=O)c1ccccc1)NC1CCC(=O)c2sccc21. The van der Waals surface area contributed by atoms with Gasteiger partial charge in [-0.3, -0.25) is 14.9 Å². The molecule has 3 amide bonds. The minimum Gasteiger partial charge on any atom is -0.331 e. The molecule has 2 aromatic rings. The number of fused-ring (bicyclic) bond motifs is 1. The maximum atomic E-state index is 12.0. The van der Waals surface area contributed by atoms with E-state index in [2.05, 4.69) is 10.6 Å². The molecule has 0 fully saturated rings. The molecule has 0 aliphatic heterocycles. The van der Waals surface area contributed by atoms with Crippen LogP contribution in [0.15, 0.2) is 41.8 Å². The molecule has 1 unspecified atom stereocenters. The third kappa shape index (κ3) is 2.92. The Hall–Kier alpha value is -2.47. The van der Waals surface area contributed by atoms with Gasteiger partial charge in [0.05, 0.1) is 10.9 Å². The van der Waals surface area contributed by atoms with Gasteiger partial charge in [-0.25, -0.2) is 4.79 Å². The van der Waals surface area contributed by atoms with Crippen LogP contribution in [0, 0.1) is 0 Å². The van der Waals surface area contributed by atoms with E-state index in [0.29, 0.717) is 23.3 Å². The second kappa shape index (κ2) is 6.11. The molecule has 1 aromatic carbocycles. The number of carbonyl (C=O) groups is 3. The molecule has 6 heteroatoms. The van der Waals surface area contributed by atoms with Crippen LogP contribution in [0.5, 0.6) is 0 Å². The summed E-state index contributed by atoms with van der Waals surface area (Å²) < 4.78 is 0. The summed E-state index contributed by atoms with van der Waals surface area (Å²) in [5, 5.41) is 6.92. The minimum atomic E-state index is -0.551. The van der Waals surface area contributed by atoms with E-state index in [9.17, 15) is 14.4 Å². The summed E-state index contributed by atoms with van der Waals surface area (Å²) in [4.78, 5) is 36.4. The van der Waals surface area contributed by atoms with Crippen LogP contribution in [0.4, 0.5) is 4.79 Å². The molecule has 2 N–H and O–H groups in total. The Bertz CT molecular complexity index is 724. The Morgan fingerprint density at radius 3 is 2.68 bits per heavy atom. The van der Waals surface area contributed by atoms with Gasteiger partial charge >= 0.3 is 6.03 Å². The summed E-state index contributed by atoms with van der Waals surface area (Å²) >= 11 is 1.39. The smallest absolute Gasteiger partial charge is 0.322 e. The van der Waals surface area contributed by atoms with Crippen molar-refractivity contribution >= 4 is 29.1 Å². The number of Topliss-reactive ketones (excluding diaryl/α,β-unsaturated/α-hetero) is 1. The molecule has 1 aliphatic carbocycles. The third-order valence-corrected chi connectivity index (χ3v) is 4.52. The highest BCUT2D eigenvalue weighted by atomic mass is 32.1. The minimum absolute atomic E-state index is 0.115. The molecule has 0 bridgehead atoms. The number of rotatable bonds is 2. The second-order valence-corrected chi connectivity index (χ2v) is 5.93. The summed E-state index contributed by atoms with van der Waals surface area (Å²) in [7, 11) is 0. The topological polar surface area (TPSA) is 75.3 Å². The van der Waals surface area contributed by atoms with Crippen LogP contribution < -0.4 is 10.6 Å². The molecule has 1 atom stereocenters. The fourth-order valence-electron chi connectivity index (χ4n) is 2.47. The summed E-state index contributed by atoms with van der Waals surface area (Å²) in [5.41, 5.74) is 1.26. The Labute approximate surface area is 131 Å². The van der Waals surface area contributed by atoms with E-state index < -0.39 is 11.9 Å². The van der Waals surface area contributed by atoms with E-state index in [0.717, 1.165) is 5.56 Å². The molecular formula is C16H14N2O3S. The van der Waals surface area contributed by atoms with Crippen LogP contribution in [0.25, 0.3) is 0 Å². The highest BCUT2D eigenvalue weighted by Crippen LogP contribution is 2.33. The van der Waals surface area contributed by atoms with Crippen LogP contribution in [-0.2, 0) is 0 Å². The zero-order chi connectivity index (χ0) is 15.5. The van der Waals surface area contributed by atoms with Crippen molar-refractivity contribution in [3.63, 3.8) is 0 Å². The van der Waals surface area contributed by atoms with E-state index in [1.165, 1.54) is 11.3 Å². The molecule has 1 heterocycles. The Morgan fingerprint density at radius 2 is 1.91 bits per heavy atom. The fourth-order valence-corrected chi connectivity index (χ4v) is 3.40. The van der Waals surface area contributed by atoms with Crippen LogP contribution in [0.2, 0.25) is 0 Å². The maximum absolute atomic E-state index is 12.0. The predicted octanol–water partition coefficient (Wildman–Crippen LogP) is 2.91. The van der Waals surface area contributed by atoms with Gasteiger partial charge in [0.1, 0.15) is 0 Å². The maximum Gasteiger partial charge on any atom is 0.322 e. The number of ketones is 1. The van der Waals surface area contributed by atoms with E-state index in [1.807, 2.05) is 11.4 Å². The summed E-state index contributed by atoms with van der Waals surface area (Å²) in [6, 6.07) is 9.61. The number of benzene rings is 1. The van der Waals surface area contributed by atoms with Crippen LogP contribution >= 0.6 is 11.3 Å². The van der Waals surface area contributed by atoms with Crippen molar-refractivity contribution in [2.75, 3.05) is 0 Å².